The molecule has 0 atom stereocenters. The third-order valence-electron chi connectivity index (χ3n) is 2.47. The first-order valence-corrected chi connectivity index (χ1v) is 6.94. The van der Waals surface area contributed by atoms with Crippen LogP contribution in [0.15, 0.2) is 23.1 Å². The minimum Gasteiger partial charge on any atom is -0.466 e. The van der Waals surface area contributed by atoms with Crippen LogP contribution in [0.1, 0.15) is 11.1 Å². The van der Waals surface area contributed by atoms with E-state index in [1.165, 1.54) is 25.3 Å². The molecule has 0 amide bonds. The van der Waals surface area contributed by atoms with E-state index in [9.17, 15) is 8.42 Å². The number of nitrogens with zero attached hydrogens (tertiary/aromatic N) is 3. The number of rotatable bonds is 4. The van der Waals surface area contributed by atoms with Crippen LogP contribution in [0, 0.1) is 18.3 Å². The van der Waals surface area contributed by atoms with Crippen molar-refractivity contribution in [3.8, 4) is 12.1 Å². The summed E-state index contributed by atoms with van der Waals surface area (Å²) in [5.41, 5.74) is 0.853. The normalized spacial score (nSPS) is 10.8. The van der Waals surface area contributed by atoms with Gasteiger partial charge in [0, 0.05) is 0 Å². The van der Waals surface area contributed by atoms with E-state index in [1.54, 1.807) is 6.92 Å². The van der Waals surface area contributed by atoms with Crippen molar-refractivity contribution in [2.45, 2.75) is 11.8 Å². The number of methoxy groups -OCH3 is 1. The van der Waals surface area contributed by atoms with Gasteiger partial charge < -0.3 is 4.74 Å². The molecule has 20 heavy (non-hydrogen) atoms. The van der Waals surface area contributed by atoms with Gasteiger partial charge in [-0.05, 0) is 30.7 Å². The molecule has 0 fully saturated rings. The van der Waals surface area contributed by atoms with Crippen LogP contribution < -0.4 is 9.46 Å². The molecule has 1 aromatic heterocycles. The number of aromatic amines is 1. The number of aryl methyl sites for hydroxylation is 1. The number of sulfonamides is 1. The summed E-state index contributed by atoms with van der Waals surface area (Å²) in [7, 11) is -2.45. The number of ether oxygens (including phenoxy) is 1. The highest BCUT2D eigenvalue weighted by Crippen LogP contribution is 2.19. The molecule has 2 rings (SSSR count). The van der Waals surface area contributed by atoms with E-state index in [0.29, 0.717) is 11.1 Å². The lowest BCUT2D eigenvalue weighted by atomic mass is 10.2. The van der Waals surface area contributed by atoms with Gasteiger partial charge in [-0.25, -0.2) is 18.2 Å². The minimum absolute atomic E-state index is 0.0271. The number of anilines is 1. The zero-order chi connectivity index (χ0) is 14.8. The summed E-state index contributed by atoms with van der Waals surface area (Å²) < 4.78 is 31.4. The number of benzene rings is 1. The number of hydrogen-bond donors (Lipinski definition) is 2. The monoisotopic (exact) mass is 293 g/mol. The fourth-order valence-electron chi connectivity index (χ4n) is 1.59. The van der Waals surface area contributed by atoms with Gasteiger partial charge in [-0.1, -0.05) is 0 Å². The number of aromatic nitrogens is 3. The molecule has 0 aliphatic rings. The standard InChI is InChI=1S/C11H11N5O3S/c1-7-5-8(6-12)3-4-9(7)20(17,18)16-10-13-11(19-2)15-14-10/h3-5H,1-2H3,(H2,13,14,15,16). The van der Waals surface area contributed by atoms with Crippen molar-refractivity contribution < 1.29 is 13.2 Å². The summed E-state index contributed by atoms with van der Waals surface area (Å²) >= 11 is 0. The van der Waals surface area contributed by atoms with Gasteiger partial charge in [0.15, 0.2) is 0 Å². The van der Waals surface area contributed by atoms with Gasteiger partial charge in [0.05, 0.1) is 23.6 Å². The van der Waals surface area contributed by atoms with Crippen molar-refractivity contribution in [3.63, 3.8) is 0 Å². The highest BCUT2D eigenvalue weighted by molar-refractivity contribution is 7.92. The van der Waals surface area contributed by atoms with Crippen LogP contribution in [0.2, 0.25) is 0 Å². The molecule has 9 heteroatoms. The lowest BCUT2D eigenvalue weighted by molar-refractivity contribution is 0.382. The molecular formula is C11H11N5O3S. The Kier molecular flexibility index (Phi) is 3.58. The van der Waals surface area contributed by atoms with Gasteiger partial charge >= 0.3 is 6.01 Å². The fraction of sp³-hybridized carbons (Fsp3) is 0.182. The topological polar surface area (TPSA) is 121 Å². The second-order valence-corrected chi connectivity index (χ2v) is 5.52. The molecule has 0 radical (unpaired) electrons. The number of H-pyrrole nitrogens is 1. The third-order valence-corrected chi connectivity index (χ3v) is 3.97. The molecule has 0 bridgehead atoms. The van der Waals surface area contributed by atoms with Crippen LogP contribution in [0.5, 0.6) is 6.01 Å². The Morgan fingerprint density at radius 3 is 2.75 bits per heavy atom. The number of hydrogen-bond acceptors (Lipinski definition) is 6. The zero-order valence-electron chi connectivity index (χ0n) is 10.7. The summed E-state index contributed by atoms with van der Waals surface area (Å²) in [6, 6.07) is 6.27. The molecule has 2 aromatic rings. The smallest absolute Gasteiger partial charge is 0.336 e. The average Bonchev–Trinajstić information content (AvgIpc) is 2.85. The van der Waals surface area contributed by atoms with Gasteiger partial charge in [-0.3, -0.25) is 0 Å². The van der Waals surface area contributed by atoms with Crippen molar-refractivity contribution in [1.29, 1.82) is 5.26 Å². The number of nitrogens with one attached hydrogen (secondary N) is 2. The second-order valence-electron chi connectivity index (χ2n) is 3.87. The predicted molar refractivity (Wildman–Crippen MR) is 69.6 cm³/mol. The zero-order valence-corrected chi connectivity index (χ0v) is 11.5. The van der Waals surface area contributed by atoms with Gasteiger partial charge in [0.2, 0.25) is 5.95 Å². The summed E-state index contributed by atoms with van der Waals surface area (Å²) in [5.74, 6) is -0.0504. The van der Waals surface area contributed by atoms with E-state index in [0.717, 1.165) is 0 Å². The molecule has 0 saturated heterocycles. The Hall–Kier alpha value is -2.60. The minimum atomic E-state index is -3.81. The molecule has 8 nitrogen and oxygen atoms in total. The van der Waals surface area contributed by atoms with E-state index in [4.69, 9.17) is 10.00 Å². The lowest BCUT2D eigenvalue weighted by Crippen LogP contribution is -2.15. The third kappa shape index (κ3) is 2.70. The fourth-order valence-corrected chi connectivity index (χ4v) is 2.77. The van der Waals surface area contributed by atoms with Gasteiger partial charge in [-0.2, -0.15) is 10.2 Å². The molecule has 104 valence electrons. The Bertz CT molecular complexity index is 776. The van der Waals surface area contributed by atoms with Crippen molar-refractivity contribution in [3.05, 3.63) is 29.3 Å². The highest BCUT2D eigenvalue weighted by Gasteiger charge is 2.19. The van der Waals surface area contributed by atoms with Crippen molar-refractivity contribution in [2.75, 3.05) is 11.8 Å². The molecule has 1 heterocycles. The summed E-state index contributed by atoms with van der Waals surface area (Å²) in [6.45, 7) is 1.61. The van der Waals surface area contributed by atoms with Crippen LogP contribution >= 0.6 is 0 Å². The first kappa shape index (κ1) is 13.8. The second kappa shape index (κ2) is 5.18. The molecule has 0 aliphatic carbocycles. The van der Waals surface area contributed by atoms with Crippen LogP contribution in [-0.2, 0) is 10.0 Å². The predicted octanol–water partition coefficient (Wildman–Crippen LogP) is 0.794. The van der Waals surface area contributed by atoms with Gasteiger partial charge in [0.1, 0.15) is 0 Å². The average molecular weight is 293 g/mol. The first-order chi connectivity index (χ1) is 9.46. The van der Waals surface area contributed by atoms with E-state index < -0.39 is 10.0 Å². The molecule has 1 aromatic carbocycles. The van der Waals surface area contributed by atoms with E-state index in [1.807, 2.05) is 6.07 Å². The van der Waals surface area contributed by atoms with Crippen LogP contribution in [0.3, 0.4) is 0 Å². The summed E-state index contributed by atoms with van der Waals surface area (Å²) in [6.07, 6.45) is 0. The van der Waals surface area contributed by atoms with Crippen molar-refractivity contribution >= 4 is 16.0 Å². The molecule has 0 spiro atoms. The maximum atomic E-state index is 12.2. The molecule has 2 N–H and O–H groups in total. The van der Waals surface area contributed by atoms with E-state index in [2.05, 4.69) is 19.9 Å². The molecule has 0 aliphatic heterocycles. The Labute approximate surface area is 115 Å². The highest BCUT2D eigenvalue weighted by atomic mass is 32.2. The van der Waals surface area contributed by atoms with Crippen LogP contribution in [0.4, 0.5) is 5.95 Å². The quantitative estimate of drug-likeness (QED) is 0.859. The maximum absolute atomic E-state index is 12.2. The Morgan fingerprint density at radius 2 is 2.20 bits per heavy atom. The van der Waals surface area contributed by atoms with Crippen LogP contribution in [-0.4, -0.2) is 30.7 Å². The van der Waals surface area contributed by atoms with Crippen molar-refractivity contribution in [1.82, 2.24) is 15.2 Å². The first-order valence-electron chi connectivity index (χ1n) is 5.46. The Morgan fingerprint density at radius 1 is 1.45 bits per heavy atom. The SMILES string of the molecule is COc1n[nH]c(NS(=O)(=O)c2ccc(C#N)cc2C)n1. The van der Waals surface area contributed by atoms with Gasteiger partial charge in [0.25, 0.3) is 10.0 Å². The Balaban J connectivity index is 2.33. The van der Waals surface area contributed by atoms with Crippen molar-refractivity contribution in [2.24, 2.45) is 0 Å². The lowest BCUT2D eigenvalue weighted by Gasteiger charge is -2.07. The number of nitriles is 1. The van der Waals surface area contributed by atoms with Crippen LogP contribution in [0.25, 0.3) is 0 Å². The summed E-state index contributed by atoms with van der Waals surface area (Å²) in [5, 5.41) is 14.8. The molecule has 0 unspecified atom stereocenters. The van der Waals surface area contributed by atoms with E-state index >= 15 is 0 Å². The molecule has 0 saturated carbocycles. The summed E-state index contributed by atoms with van der Waals surface area (Å²) in [4.78, 5) is 3.83. The maximum Gasteiger partial charge on any atom is 0.336 e. The van der Waals surface area contributed by atoms with Gasteiger partial charge in [-0.15, -0.1) is 5.10 Å². The largest absolute Gasteiger partial charge is 0.466 e. The molecular weight excluding hydrogens is 282 g/mol. The van der Waals surface area contributed by atoms with E-state index in [-0.39, 0.29) is 16.9 Å².